The third-order valence-corrected chi connectivity index (χ3v) is 4.77. The summed E-state index contributed by atoms with van der Waals surface area (Å²) in [5, 5.41) is 0.785. The van der Waals surface area contributed by atoms with Crippen LogP contribution in [0.1, 0.15) is 17.2 Å². The molecule has 3 rings (SSSR count). The first-order valence-corrected chi connectivity index (χ1v) is 8.62. The Bertz CT molecular complexity index is 592. The fourth-order valence-electron chi connectivity index (χ4n) is 3.32. The summed E-state index contributed by atoms with van der Waals surface area (Å²) in [5.41, 5.74) is 8.32. The van der Waals surface area contributed by atoms with Gasteiger partial charge in [-0.3, -0.25) is 9.80 Å². The van der Waals surface area contributed by atoms with E-state index in [9.17, 15) is 0 Å². The van der Waals surface area contributed by atoms with Crippen molar-refractivity contribution in [2.45, 2.75) is 6.04 Å². The molecule has 0 saturated carbocycles. The van der Waals surface area contributed by atoms with Crippen LogP contribution in [0.5, 0.6) is 0 Å². The molecule has 0 bridgehead atoms. The van der Waals surface area contributed by atoms with Crippen LogP contribution in [0.3, 0.4) is 0 Å². The van der Waals surface area contributed by atoms with Gasteiger partial charge in [-0.1, -0.05) is 54.1 Å². The predicted molar refractivity (Wildman–Crippen MR) is 96.8 cm³/mol. The molecule has 2 aromatic carbocycles. The molecule has 1 aliphatic rings. The Labute approximate surface area is 143 Å². The zero-order chi connectivity index (χ0) is 16.1. The van der Waals surface area contributed by atoms with E-state index in [0.717, 1.165) is 44.3 Å². The quantitative estimate of drug-likeness (QED) is 0.915. The highest BCUT2D eigenvalue weighted by molar-refractivity contribution is 6.30. The first-order chi connectivity index (χ1) is 11.3. The van der Waals surface area contributed by atoms with Crippen molar-refractivity contribution in [1.82, 2.24) is 9.80 Å². The maximum absolute atomic E-state index is 6.07. The van der Waals surface area contributed by atoms with E-state index in [-0.39, 0.29) is 6.04 Å². The summed E-state index contributed by atoms with van der Waals surface area (Å²) in [6, 6.07) is 19.3. The van der Waals surface area contributed by atoms with Gasteiger partial charge in [0.25, 0.3) is 0 Å². The maximum atomic E-state index is 6.07. The minimum atomic E-state index is 0.286. The second-order valence-corrected chi connectivity index (χ2v) is 6.47. The molecular formula is C19H24ClN3. The van der Waals surface area contributed by atoms with Gasteiger partial charge in [-0.15, -0.1) is 0 Å². The number of hydrogen-bond donors (Lipinski definition) is 1. The maximum Gasteiger partial charge on any atom is 0.0602 e. The summed E-state index contributed by atoms with van der Waals surface area (Å²) in [5.74, 6) is 0. The van der Waals surface area contributed by atoms with Crippen LogP contribution >= 0.6 is 11.6 Å². The molecular weight excluding hydrogens is 306 g/mol. The van der Waals surface area contributed by atoms with Crippen LogP contribution in [0.15, 0.2) is 54.6 Å². The van der Waals surface area contributed by atoms with E-state index >= 15 is 0 Å². The lowest BCUT2D eigenvalue weighted by atomic mass is 9.96. The molecule has 1 heterocycles. The molecule has 23 heavy (non-hydrogen) atoms. The summed E-state index contributed by atoms with van der Waals surface area (Å²) >= 11 is 6.07. The number of hydrogen-bond acceptors (Lipinski definition) is 3. The van der Waals surface area contributed by atoms with Crippen molar-refractivity contribution in [3.63, 3.8) is 0 Å². The lowest BCUT2D eigenvalue weighted by Gasteiger charge is -2.39. The first-order valence-electron chi connectivity index (χ1n) is 8.25. The highest BCUT2D eigenvalue weighted by atomic mass is 35.5. The fraction of sp³-hybridized carbons (Fsp3) is 0.368. The summed E-state index contributed by atoms with van der Waals surface area (Å²) in [6.07, 6.45) is 0. The molecule has 1 fully saturated rings. The number of piperazine rings is 1. The molecule has 1 atom stereocenters. The van der Waals surface area contributed by atoms with Crippen LogP contribution in [-0.4, -0.2) is 49.1 Å². The number of rotatable bonds is 5. The third kappa shape index (κ3) is 4.12. The molecule has 4 heteroatoms. The molecule has 0 spiro atoms. The van der Waals surface area contributed by atoms with Gasteiger partial charge in [-0.25, -0.2) is 0 Å². The van der Waals surface area contributed by atoms with Crippen LogP contribution in [0.4, 0.5) is 0 Å². The standard InChI is InChI=1S/C19H24ClN3/c20-18-8-6-17(7-9-18)19(16-4-2-1-3-5-16)23-14-12-22(11-10-21)13-15-23/h1-9,19H,10-15,21H2. The summed E-state index contributed by atoms with van der Waals surface area (Å²) in [7, 11) is 0. The Hall–Kier alpha value is -1.39. The van der Waals surface area contributed by atoms with Gasteiger partial charge in [0.2, 0.25) is 0 Å². The van der Waals surface area contributed by atoms with Crippen molar-refractivity contribution in [2.75, 3.05) is 39.3 Å². The van der Waals surface area contributed by atoms with Crippen molar-refractivity contribution in [3.05, 3.63) is 70.7 Å². The molecule has 122 valence electrons. The monoisotopic (exact) mass is 329 g/mol. The lowest BCUT2D eigenvalue weighted by Crippen LogP contribution is -2.48. The Balaban J connectivity index is 1.83. The Morgan fingerprint density at radius 1 is 0.870 bits per heavy atom. The topological polar surface area (TPSA) is 32.5 Å². The fourth-order valence-corrected chi connectivity index (χ4v) is 3.45. The molecule has 1 unspecified atom stereocenters. The Morgan fingerprint density at radius 2 is 1.48 bits per heavy atom. The van der Waals surface area contributed by atoms with Gasteiger partial charge in [-0.2, -0.15) is 0 Å². The van der Waals surface area contributed by atoms with E-state index in [2.05, 4.69) is 52.3 Å². The highest BCUT2D eigenvalue weighted by Crippen LogP contribution is 2.30. The lowest BCUT2D eigenvalue weighted by molar-refractivity contribution is 0.111. The predicted octanol–water partition coefficient (Wildman–Crippen LogP) is 3.01. The minimum Gasteiger partial charge on any atom is -0.329 e. The van der Waals surface area contributed by atoms with Gasteiger partial charge in [0.05, 0.1) is 6.04 Å². The second kappa shape index (κ2) is 7.93. The SMILES string of the molecule is NCCN1CCN(C(c2ccccc2)c2ccc(Cl)cc2)CC1. The Morgan fingerprint density at radius 3 is 2.09 bits per heavy atom. The summed E-state index contributed by atoms with van der Waals surface area (Å²) in [6.45, 7) is 6.00. The van der Waals surface area contributed by atoms with Gasteiger partial charge in [0.15, 0.2) is 0 Å². The van der Waals surface area contributed by atoms with E-state index in [4.69, 9.17) is 17.3 Å². The molecule has 0 amide bonds. The molecule has 1 saturated heterocycles. The van der Waals surface area contributed by atoms with Crippen LogP contribution in [0.2, 0.25) is 5.02 Å². The van der Waals surface area contributed by atoms with Crippen LogP contribution in [-0.2, 0) is 0 Å². The van der Waals surface area contributed by atoms with E-state index in [1.165, 1.54) is 11.1 Å². The average molecular weight is 330 g/mol. The number of nitrogens with two attached hydrogens (primary N) is 1. The van der Waals surface area contributed by atoms with Gasteiger partial charge >= 0.3 is 0 Å². The molecule has 0 aliphatic carbocycles. The summed E-state index contributed by atoms with van der Waals surface area (Å²) < 4.78 is 0. The zero-order valence-corrected chi connectivity index (χ0v) is 14.1. The van der Waals surface area contributed by atoms with Crippen molar-refractivity contribution in [3.8, 4) is 0 Å². The second-order valence-electron chi connectivity index (χ2n) is 6.03. The van der Waals surface area contributed by atoms with Crippen LogP contribution in [0.25, 0.3) is 0 Å². The largest absolute Gasteiger partial charge is 0.329 e. The van der Waals surface area contributed by atoms with Crippen molar-refractivity contribution in [1.29, 1.82) is 0 Å². The molecule has 0 radical (unpaired) electrons. The number of benzene rings is 2. The molecule has 0 aromatic heterocycles. The average Bonchev–Trinajstić information content (AvgIpc) is 2.60. The molecule has 1 aliphatic heterocycles. The highest BCUT2D eigenvalue weighted by Gasteiger charge is 2.25. The van der Waals surface area contributed by atoms with Gasteiger partial charge in [0.1, 0.15) is 0 Å². The molecule has 3 nitrogen and oxygen atoms in total. The van der Waals surface area contributed by atoms with Crippen molar-refractivity contribution in [2.24, 2.45) is 5.73 Å². The van der Waals surface area contributed by atoms with Crippen LogP contribution in [0, 0.1) is 0 Å². The van der Waals surface area contributed by atoms with Gasteiger partial charge in [0, 0.05) is 44.3 Å². The van der Waals surface area contributed by atoms with Gasteiger partial charge in [-0.05, 0) is 23.3 Å². The molecule has 2 aromatic rings. The molecule has 2 N–H and O–H groups in total. The van der Waals surface area contributed by atoms with E-state index in [1.807, 2.05) is 12.1 Å². The smallest absolute Gasteiger partial charge is 0.0602 e. The normalized spacial score (nSPS) is 18.0. The van der Waals surface area contributed by atoms with E-state index in [1.54, 1.807) is 0 Å². The van der Waals surface area contributed by atoms with E-state index in [0.29, 0.717) is 0 Å². The van der Waals surface area contributed by atoms with Crippen LogP contribution < -0.4 is 5.73 Å². The number of nitrogens with zero attached hydrogens (tertiary/aromatic N) is 2. The Kier molecular flexibility index (Phi) is 5.68. The third-order valence-electron chi connectivity index (χ3n) is 4.52. The van der Waals surface area contributed by atoms with Gasteiger partial charge < -0.3 is 5.73 Å². The summed E-state index contributed by atoms with van der Waals surface area (Å²) in [4.78, 5) is 5.01. The zero-order valence-electron chi connectivity index (χ0n) is 13.4. The van der Waals surface area contributed by atoms with Crippen molar-refractivity contribution >= 4 is 11.6 Å². The van der Waals surface area contributed by atoms with Crippen molar-refractivity contribution < 1.29 is 0 Å². The van der Waals surface area contributed by atoms with E-state index < -0.39 is 0 Å². The minimum absolute atomic E-state index is 0.286. The number of halogens is 1. The first kappa shape index (κ1) is 16.5.